The highest BCUT2D eigenvalue weighted by Gasteiger charge is 2.15. The van der Waals surface area contributed by atoms with Crippen molar-refractivity contribution in [3.05, 3.63) is 51.3 Å². The molecule has 1 atom stereocenters. The Hall–Kier alpha value is -1.56. The van der Waals surface area contributed by atoms with Gasteiger partial charge in [-0.1, -0.05) is 23.2 Å². The molecule has 0 spiro atoms. The third-order valence-electron chi connectivity index (χ3n) is 3.46. The molecule has 1 aromatic heterocycles. The van der Waals surface area contributed by atoms with Gasteiger partial charge in [0.2, 0.25) is 5.91 Å². The Morgan fingerprint density at radius 3 is 2.55 bits per heavy atom. The van der Waals surface area contributed by atoms with Gasteiger partial charge in [-0.2, -0.15) is 5.10 Å². The third-order valence-corrected chi connectivity index (χ3v) is 3.90. The summed E-state index contributed by atoms with van der Waals surface area (Å²) in [6, 6.07) is 4.76. The Morgan fingerprint density at radius 1 is 1.36 bits per heavy atom. The first-order valence-electron chi connectivity index (χ1n) is 6.75. The standard InChI is InChI=1S/C15H17Cl2N3O2/c1-9-11(8-19-20(9)2)7-18-15(22)6-14(21)10-3-12(16)5-13(17)4-10/h3-5,8,14,21H,6-7H2,1-2H3,(H,18,22). The first-order chi connectivity index (χ1) is 10.4. The van der Waals surface area contributed by atoms with Gasteiger partial charge in [-0.05, 0) is 30.7 Å². The Kier molecular flexibility index (Phi) is 5.45. The molecular formula is C15H17Cl2N3O2. The van der Waals surface area contributed by atoms with E-state index in [1.165, 1.54) is 0 Å². The van der Waals surface area contributed by atoms with Crippen LogP contribution in [0.3, 0.4) is 0 Å². The number of aliphatic hydroxyl groups is 1. The Labute approximate surface area is 138 Å². The molecule has 0 saturated carbocycles. The van der Waals surface area contributed by atoms with E-state index in [1.807, 2.05) is 14.0 Å². The van der Waals surface area contributed by atoms with Gasteiger partial charge in [0.25, 0.3) is 0 Å². The average Bonchev–Trinajstić information content (AvgIpc) is 2.75. The van der Waals surface area contributed by atoms with E-state index < -0.39 is 6.10 Å². The minimum atomic E-state index is -0.953. The van der Waals surface area contributed by atoms with Crippen LogP contribution in [0.15, 0.2) is 24.4 Å². The van der Waals surface area contributed by atoms with Gasteiger partial charge in [0.15, 0.2) is 0 Å². The minimum Gasteiger partial charge on any atom is -0.388 e. The van der Waals surface area contributed by atoms with Crippen LogP contribution in [0, 0.1) is 6.92 Å². The lowest BCUT2D eigenvalue weighted by molar-refractivity contribution is -0.123. The highest BCUT2D eigenvalue weighted by molar-refractivity contribution is 6.34. The third kappa shape index (κ3) is 4.22. The Morgan fingerprint density at radius 2 is 2.00 bits per heavy atom. The number of rotatable bonds is 5. The molecule has 0 aliphatic heterocycles. The van der Waals surface area contributed by atoms with Crippen LogP contribution < -0.4 is 5.32 Å². The fourth-order valence-corrected chi connectivity index (χ4v) is 2.59. The van der Waals surface area contributed by atoms with E-state index in [2.05, 4.69) is 10.4 Å². The summed E-state index contributed by atoms with van der Waals surface area (Å²) in [5.41, 5.74) is 2.45. The van der Waals surface area contributed by atoms with Crippen LogP contribution in [0.1, 0.15) is 29.3 Å². The summed E-state index contributed by atoms with van der Waals surface area (Å²) in [5.74, 6) is -0.258. The number of aryl methyl sites for hydroxylation is 1. The van der Waals surface area contributed by atoms with Gasteiger partial charge < -0.3 is 10.4 Å². The maximum Gasteiger partial charge on any atom is 0.223 e. The molecule has 1 unspecified atom stereocenters. The monoisotopic (exact) mass is 341 g/mol. The molecule has 0 fully saturated rings. The van der Waals surface area contributed by atoms with E-state index in [1.54, 1.807) is 29.1 Å². The zero-order valence-corrected chi connectivity index (χ0v) is 13.8. The average molecular weight is 342 g/mol. The molecule has 22 heavy (non-hydrogen) atoms. The first-order valence-corrected chi connectivity index (χ1v) is 7.50. The summed E-state index contributed by atoms with van der Waals surface area (Å²) >= 11 is 11.8. The van der Waals surface area contributed by atoms with Gasteiger partial charge in [0.05, 0.1) is 18.7 Å². The number of hydrogen-bond donors (Lipinski definition) is 2. The van der Waals surface area contributed by atoms with Crippen LogP contribution >= 0.6 is 23.2 Å². The highest BCUT2D eigenvalue weighted by atomic mass is 35.5. The van der Waals surface area contributed by atoms with Crippen LogP contribution in [0.25, 0.3) is 0 Å². The smallest absolute Gasteiger partial charge is 0.223 e. The second-order valence-corrected chi connectivity index (χ2v) is 5.95. The van der Waals surface area contributed by atoms with Gasteiger partial charge in [-0.15, -0.1) is 0 Å². The van der Waals surface area contributed by atoms with E-state index in [4.69, 9.17) is 23.2 Å². The van der Waals surface area contributed by atoms with Crippen molar-refractivity contribution < 1.29 is 9.90 Å². The van der Waals surface area contributed by atoms with Crippen LogP contribution in [0.5, 0.6) is 0 Å². The number of aliphatic hydroxyl groups excluding tert-OH is 1. The van der Waals surface area contributed by atoms with Crippen molar-refractivity contribution in [1.29, 1.82) is 0 Å². The van der Waals surface area contributed by atoms with Crippen molar-refractivity contribution in [2.45, 2.75) is 26.0 Å². The molecule has 0 aliphatic carbocycles. The molecule has 1 amide bonds. The molecule has 2 N–H and O–H groups in total. The van der Waals surface area contributed by atoms with Gasteiger partial charge >= 0.3 is 0 Å². The van der Waals surface area contributed by atoms with Crippen molar-refractivity contribution in [1.82, 2.24) is 15.1 Å². The van der Waals surface area contributed by atoms with Crippen molar-refractivity contribution in [2.75, 3.05) is 0 Å². The molecule has 5 nitrogen and oxygen atoms in total. The van der Waals surface area contributed by atoms with Crippen LogP contribution in [-0.2, 0) is 18.4 Å². The SMILES string of the molecule is Cc1c(CNC(=O)CC(O)c2cc(Cl)cc(Cl)c2)cnn1C. The molecule has 0 radical (unpaired) electrons. The normalized spacial score (nSPS) is 12.2. The van der Waals surface area contributed by atoms with Gasteiger partial charge in [0, 0.05) is 34.9 Å². The molecule has 2 rings (SSSR count). The van der Waals surface area contributed by atoms with Gasteiger partial charge in [-0.3, -0.25) is 9.48 Å². The quantitative estimate of drug-likeness (QED) is 0.878. The fourth-order valence-electron chi connectivity index (χ4n) is 2.04. The van der Waals surface area contributed by atoms with Crippen molar-refractivity contribution in [3.63, 3.8) is 0 Å². The summed E-state index contributed by atoms with van der Waals surface area (Å²) < 4.78 is 1.74. The molecule has 2 aromatic rings. The summed E-state index contributed by atoms with van der Waals surface area (Å²) in [4.78, 5) is 11.9. The van der Waals surface area contributed by atoms with Crippen LogP contribution in [-0.4, -0.2) is 20.8 Å². The second kappa shape index (κ2) is 7.13. The van der Waals surface area contributed by atoms with E-state index >= 15 is 0 Å². The van der Waals surface area contributed by atoms with Crippen molar-refractivity contribution in [2.24, 2.45) is 7.05 Å². The number of nitrogens with one attached hydrogen (secondary N) is 1. The first kappa shape index (κ1) is 16.8. The maximum absolute atomic E-state index is 11.9. The number of aromatic nitrogens is 2. The molecule has 7 heteroatoms. The molecule has 1 aromatic carbocycles. The number of hydrogen-bond acceptors (Lipinski definition) is 3. The van der Waals surface area contributed by atoms with E-state index in [9.17, 15) is 9.90 Å². The lowest BCUT2D eigenvalue weighted by atomic mass is 10.1. The Balaban J connectivity index is 1.92. The molecule has 118 valence electrons. The van der Waals surface area contributed by atoms with Gasteiger partial charge in [-0.25, -0.2) is 0 Å². The number of carbonyl (C=O) groups is 1. The number of benzene rings is 1. The zero-order chi connectivity index (χ0) is 16.3. The fraction of sp³-hybridized carbons (Fsp3) is 0.333. The predicted molar refractivity (Wildman–Crippen MR) is 85.8 cm³/mol. The van der Waals surface area contributed by atoms with E-state index in [0.717, 1.165) is 11.3 Å². The summed E-state index contributed by atoms with van der Waals surface area (Å²) in [7, 11) is 1.84. The number of amides is 1. The molecule has 0 bridgehead atoms. The summed E-state index contributed by atoms with van der Waals surface area (Å²) in [5, 5.41) is 17.8. The number of halogens is 2. The number of nitrogens with zero attached hydrogens (tertiary/aromatic N) is 2. The van der Waals surface area contributed by atoms with Crippen LogP contribution in [0.2, 0.25) is 10.0 Å². The van der Waals surface area contributed by atoms with Crippen LogP contribution in [0.4, 0.5) is 0 Å². The largest absolute Gasteiger partial charge is 0.388 e. The maximum atomic E-state index is 11.9. The topological polar surface area (TPSA) is 67.2 Å². The second-order valence-electron chi connectivity index (χ2n) is 5.08. The predicted octanol–water partition coefficient (Wildman–Crippen LogP) is 2.78. The zero-order valence-electron chi connectivity index (χ0n) is 12.3. The molecular weight excluding hydrogens is 325 g/mol. The van der Waals surface area contributed by atoms with E-state index in [0.29, 0.717) is 22.2 Å². The summed E-state index contributed by atoms with van der Waals surface area (Å²) in [6.07, 6.45) is 0.699. The lowest BCUT2D eigenvalue weighted by Crippen LogP contribution is -2.24. The molecule has 0 aliphatic rings. The molecule has 0 saturated heterocycles. The Bertz CT molecular complexity index is 665. The minimum absolute atomic E-state index is 0.0595. The van der Waals surface area contributed by atoms with Crippen molar-refractivity contribution >= 4 is 29.1 Å². The molecule has 1 heterocycles. The lowest BCUT2D eigenvalue weighted by Gasteiger charge is -2.12. The highest BCUT2D eigenvalue weighted by Crippen LogP contribution is 2.25. The summed E-state index contributed by atoms with van der Waals surface area (Å²) in [6.45, 7) is 2.30. The van der Waals surface area contributed by atoms with Crippen molar-refractivity contribution in [3.8, 4) is 0 Å². The van der Waals surface area contributed by atoms with Gasteiger partial charge in [0.1, 0.15) is 0 Å². The van der Waals surface area contributed by atoms with E-state index in [-0.39, 0.29) is 12.3 Å². The number of carbonyl (C=O) groups excluding carboxylic acids is 1.